The number of amidine groups is 1. The van der Waals surface area contributed by atoms with Gasteiger partial charge in [-0.1, -0.05) is 26.0 Å². The monoisotopic (exact) mass is 441 g/mol. The molecule has 0 radical (unpaired) electrons. The van der Waals surface area contributed by atoms with Gasteiger partial charge in [0, 0.05) is 29.2 Å². The highest BCUT2D eigenvalue weighted by molar-refractivity contribution is 8.15. The molecule has 0 saturated carbocycles. The number of rotatable bonds is 2. The molecule has 3 heterocycles. The molecule has 156 valence electrons. The maximum absolute atomic E-state index is 13.4. The lowest BCUT2D eigenvalue weighted by Gasteiger charge is -2.30. The van der Waals surface area contributed by atoms with Gasteiger partial charge in [-0.15, -0.1) is 4.40 Å². The Bertz CT molecular complexity index is 1190. The number of carbonyl (C=O) groups excluding carboxylic acids is 1. The Balaban J connectivity index is 1.46. The van der Waals surface area contributed by atoms with Crippen LogP contribution in [0.3, 0.4) is 0 Å². The highest BCUT2D eigenvalue weighted by Gasteiger charge is 2.34. The first-order chi connectivity index (χ1) is 14.3. The van der Waals surface area contributed by atoms with Gasteiger partial charge in [-0.25, -0.2) is 8.42 Å². The van der Waals surface area contributed by atoms with Crippen LogP contribution in [-0.4, -0.2) is 38.3 Å². The molecule has 0 N–H and O–H groups in total. The molecule has 6 nitrogen and oxygen atoms in total. The van der Waals surface area contributed by atoms with Crippen molar-refractivity contribution in [3.63, 3.8) is 0 Å². The van der Waals surface area contributed by atoms with Crippen LogP contribution in [0.2, 0.25) is 0 Å². The Kier molecular flexibility index (Phi) is 4.67. The van der Waals surface area contributed by atoms with Crippen molar-refractivity contribution >= 4 is 44.2 Å². The molecule has 5 rings (SSSR count). The van der Waals surface area contributed by atoms with Crippen molar-refractivity contribution in [1.29, 1.82) is 0 Å². The van der Waals surface area contributed by atoms with E-state index in [1.54, 1.807) is 0 Å². The molecule has 0 saturated heterocycles. The van der Waals surface area contributed by atoms with Crippen LogP contribution < -0.4 is 9.80 Å². The second-order valence-electron chi connectivity index (χ2n) is 8.20. The van der Waals surface area contributed by atoms with Crippen LogP contribution in [0.5, 0.6) is 0 Å². The summed E-state index contributed by atoms with van der Waals surface area (Å²) in [5.74, 6) is 0.455. The normalized spacial score (nSPS) is 19.2. The third-order valence-corrected chi connectivity index (χ3v) is 8.16. The number of thioether (sulfide) groups is 1. The minimum Gasteiger partial charge on any atom is -0.318 e. The van der Waals surface area contributed by atoms with Crippen LogP contribution in [0, 0.1) is 0 Å². The van der Waals surface area contributed by atoms with Gasteiger partial charge >= 0.3 is 0 Å². The Morgan fingerprint density at radius 1 is 1.10 bits per heavy atom. The number of amides is 1. The Morgan fingerprint density at radius 3 is 2.70 bits per heavy atom. The topological polar surface area (TPSA) is 70.0 Å². The van der Waals surface area contributed by atoms with E-state index in [2.05, 4.69) is 36.4 Å². The van der Waals surface area contributed by atoms with E-state index in [0.29, 0.717) is 29.7 Å². The van der Waals surface area contributed by atoms with Crippen molar-refractivity contribution in [2.75, 3.05) is 28.6 Å². The Labute approximate surface area is 181 Å². The van der Waals surface area contributed by atoms with Crippen LogP contribution >= 0.6 is 11.8 Å². The predicted octanol–water partition coefficient (Wildman–Crippen LogP) is 4.01. The molecule has 1 amide bonds. The molecule has 0 bridgehead atoms. The summed E-state index contributed by atoms with van der Waals surface area (Å²) in [4.78, 5) is 18.0. The molecule has 0 atom stereocenters. The fourth-order valence-corrected chi connectivity index (χ4v) is 6.50. The van der Waals surface area contributed by atoms with Crippen molar-refractivity contribution < 1.29 is 13.2 Å². The fraction of sp³-hybridized carbons (Fsp3) is 0.364. The molecule has 3 aliphatic heterocycles. The summed E-state index contributed by atoms with van der Waals surface area (Å²) < 4.78 is 27.5. The van der Waals surface area contributed by atoms with Gasteiger partial charge in [-0.2, -0.15) is 0 Å². The molecule has 0 spiro atoms. The van der Waals surface area contributed by atoms with Gasteiger partial charge in [0.15, 0.2) is 5.17 Å². The van der Waals surface area contributed by atoms with Crippen LogP contribution in [0.4, 0.5) is 11.4 Å². The highest BCUT2D eigenvalue weighted by atomic mass is 32.2. The van der Waals surface area contributed by atoms with E-state index >= 15 is 0 Å². The van der Waals surface area contributed by atoms with Gasteiger partial charge in [0.2, 0.25) is 0 Å². The molecule has 30 heavy (non-hydrogen) atoms. The molecular formula is C22H23N3O3S2. The van der Waals surface area contributed by atoms with Crippen LogP contribution in [0.15, 0.2) is 45.7 Å². The molecule has 0 aliphatic carbocycles. The van der Waals surface area contributed by atoms with Gasteiger partial charge < -0.3 is 9.80 Å². The average molecular weight is 442 g/mol. The zero-order chi connectivity index (χ0) is 21.0. The molecule has 0 fully saturated rings. The van der Waals surface area contributed by atoms with E-state index in [1.807, 2.05) is 28.0 Å². The minimum absolute atomic E-state index is 0.0140. The van der Waals surface area contributed by atoms with E-state index in [-0.39, 0.29) is 11.7 Å². The van der Waals surface area contributed by atoms with E-state index in [0.717, 1.165) is 29.1 Å². The van der Waals surface area contributed by atoms with Gasteiger partial charge in [-0.3, -0.25) is 4.79 Å². The number of sulfonamides is 1. The summed E-state index contributed by atoms with van der Waals surface area (Å²) in [5.41, 5.74) is 5.06. The summed E-state index contributed by atoms with van der Waals surface area (Å²) in [5, 5.41) is 0.477. The summed E-state index contributed by atoms with van der Waals surface area (Å²) in [6.07, 6.45) is 1.94. The van der Waals surface area contributed by atoms with E-state index in [1.165, 1.54) is 22.9 Å². The first-order valence-electron chi connectivity index (χ1n) is 10.2. The lowest BCUT2D eigenvalue weighted by atomic mass is 9.94. The second kappa shape index (κ2) is 7.13. The van der Waals surface area contributed by atoms with Crippen molar-refractivity contribution in [1.82, 2.24) is 0 Å². The molecule has 3 aliphatic rings. The smallest absolute Gasteiger partial charge is 0.258 e. The Morgan fingerprint density at radius 2 is 1.90 bits per heavy atom. The second-order valence-corrected chi connectivity index (χ2v) is 11.0. The first-order valence-corrected chi connectivity index (χ1v) is 12.6. The minimum atomic E-state index is -3.39. The van der Waals surface area contributed by atoms with E-state index < -0.39 is 10.0 Å². The van der Waals surface area contributed by atoms with Gasteiger partial charge in [-0.05, 0) is 65.9 Å². The standard InChI is InChI=1S/C22H23N3O3S2/c1-14(2)15-5-7-18-16(12-15)4-3-9-24(18)21(26)17-6-8-19-20(13-17)29-22-23-30(27,28)11-10-25(19)22/h5-8,12-14H,3-4,9-11H2,1-2H3. The SMILES string of the molecule is CC(C)c1ccc2c(c1)CCCN2C(=O)c1ccc2c(c1)SC1=NS(=O)(=O)CCN12. The average Bonchev–Trinajstić information content (AvgIpc) is 3.07. The number of carbonyl (C=O) groups is 1. The third kappa shape index (κ3) is 3.32. The van der Waals surface area contributed by atoms with Crippen molar-refractivity contribution in [3.8, 4) is 0 Å². The van der Waals surface area contributed by atoms with Crippen LogP contribution in [0.1, 0.15) is 47.7 Å². The zero-order valence-corrected chi connectivity index (χ0v) is 18.6. The molecule has 2 aromatic rings. The largest absolute Gasteiger partial charge is 0.318 e. The number of hydrogen-bond donors (Lipinski definition) is 0. The quantitative estimate of drug-likeness (QED) is 0.704. The number of hydrogen-bond acceptors (Lipinski definition) is 5. The number of nitrogens with zero attached hydrogens (tertiary/aromatic N) is 3. The summed E-state index contributed by atoms with van der Waals surface area (Å²) in [6, 6.07) is 12.0. The lowest BCUT2D eigenvalue weighted by Crippen LogP contribution is -2.36. The molecule has 2 aromatic carbocycles. The summed E-state index contributed by atoms with van der Waals surface area (Å²) in [7, 11) is -3.39. The number of benzene rings is 2. The predicted molar refractivity (Wildman–Crippen MR) is 121 cm³/mol. The number of aryl methyl sites for hydroxylation is 1. The van der Waals surface area contributed by atoms with Gasteiger partial charge in [0.25, 0.3) is 15.9 Å². The fourth-order valence-electron chi connectivity index (χ4n) is 4.21. The van der Waals surface area contributed by atoms with Gasteiger partial charge in [0.1, 0.15) is 0 Å². The Hall–Kier alpha value is -2.32. The summed E-state index contributed by atoms with van der Waals surface area (Å²) >= 11 is 1.32. The maximum Gasteiger partial charge on any atom is 0.258 e. The summed E-state index contributed by atoms with van der Waals surface area (Å²) in [6.45, 7) is 5.46. The van der Waals surface area contributed by atoms with Crippen molar-refractivity contribution in [3.05, 3.63) is 53.1 Å². The van der Waals surface area contributed by atoms with Crippen molar-refractivity contribution in [2.24, 2.45) is 4.40 Å². The molecule has 0 unspecified atom stereocenters. The van der Waals surface area contributed by atoms with Gasteiger partial charge in [0.05, 0.1) is 11.4 Å². The third-order valence-electron chi connectivity index (χ3n) is 5.85. The lowest BCUT2D eigenvalue weighted by molar-refractivity contribution is 0.0985. The molecule has 8 heteroatoms. The number of anilines is 2. The van der Waals surface area contributed by atoms with Crippen molar-refractivity contribution in [2.45, 2.75) is 37.5 Å². The maximum atomic E-state index is 13.4. The molecular weight excluding hydrogens is 418 g/mol. The van der Waals surface area contributed by atoms with Crippen LogP contribution in [-0.2, 0) is 16.4 Å². The number of fused-ring (bicyclic) bond motifs is 4. The van der Waals surface area contributed by atoms with E-state index in [9.17, 15) is 13.2 Å². The zero-order valence-electron chi connectivity index (χ0n) is 17.0. The van der Waals surface area contributed by atoms with Crippen LogP contribution in [0.25, 0.3) is 0 Å². The first kappa shape index (κ1) is 19.6. The van der Waals surface area contributed by atoms with E-state index in [4.69, 9.17) is 0 Å². The molecule has 0 aromatic heterocycles. The highest BCUT2D eigenvalue weighted by Crippen LogP contribution is 2.42.